The zero-order chi connectivity index (χ0) is 10.2. The van der Waals surface area contributed by atoms with Crippen molar-refractivity contribution in [3.8, 4) is 0 Å². The minimum absolute atomic E-state index is 0.225. The molecule has 0 aliphatic carbocycles. The molecule has 1 N–H and O–H groups in total. The highest BCUT2D eigenvalue weighted by atomic mass is 16.7. The monoisotopic (exact) mass is 203 g/mol. The molecule has 1 heterocycles. The molecule has 1 rings (SSSR count). The normalized spacial score (nSPS) is 19.1. The van der Waals surface area contributed by atoms with Crippen LogP contribution in [0.2, 0.25) is 0 Å². The Morgan fingerprint density at radius 1 is 1.21 bits per heavy atom. The number of rotatable bonds is 6. The molecular formula is C10H21NO3. The molecule has 14 heavy (non-hydrogen) atoms. The average molecular weight is 203 g/mol. The minimum Gasteiger partial charge on any atom is -0.376 e. The van der Waals surface area contributed by atoms with E-state index in [4.69, 9.17) is 14.2 Å². The molecule has 0 bridgehead atoms. The summed E-state index contributed by atoms with van der Waals surface area (Å²) in [4.78, 5) is 0. The molecule has 0 radical (unpaired) electrons. The molecule has 0 unspecified atom stereocenters. The zero-order valence-corrected chi connectivity index (χ0v) is 9.12. The highest BCUT2D eigenvalue weighted by Gasteiger charge is 2.14. The summed E-state index contributed by atoms with van der Waals surface area (Å²) >= 11 is 0. The molecule has 0 atom stereocenters. The van der Waals surface area contributed by atoms with E-state index in [1.165, 1.54) is 12.8 Å². The van der Waals surface area contributed by atoms with Crippen molar-refractivity contribution < 1.29 is 14.2 Å². The summed E-state index contributed by atoms with van der Waals surface area (Å²) in [7, 11) is 3.25. The summed E-state index contributed by atoms with van der Waals surface area (Å²) in [5.41, 5.74) is 0. The van der Waals surface area contributed by atoms with Crippen molar-refractivity contribution in [3.63, 3.8) is 0 Å². The molecule has 0 aromatic heterocycles. The smallest absolute Gasteiger partial charge is 0.180 e. The third-order valence-corrected chi connectivity index (χ3v) is 2.59. The van der Waals surface area contributed by atoms with Gasteiger partial charge in [-0.05, 0) is 31.8 Å². The van der Waals surface area contributed by atoms with Gasteiger partial charge in [-0.1, -0.05) is 0 Å². The molecule has 1 aliphatic heterocycles. The third-order valence-electron chi connectivity index (χ3n) is 2.59. The second-order valence-electron chi connectivity index (χ2n) is 3.63. The van der Waals surface area contributed by atoms with Crippen LogP contribution in [0.3, 0.4) is 0 Å². The van der Waals surface area contributed by atoms with Crippen LogP contribution in [0.25, 0.3) is 0 Å². The lowest BCUT2D eigenvalue weighted by Crippen LogP contribution is -2.31. The fraction of sp³-hybridized carbons (Fsp3) is 1.00. The summed E-state index contributed by atoms with van der Waals surface area (Å²) in [6.07, 6.45) is 2.20. The van der Waals surface area contributed by atoms with Gasteiger partial charge in [0.1, 0.15) is 0 Å². The molecule has 0 spiro atoms. The number of hydrogen-bond acceptors (Lipinski definition) is 4. The van der Waals surface area contributed by atoms with Gasteiger partial charge in [-0.2, -0.15) is 0 Å². The Morgan fingerprint density at radius 3 is 2.43 bits per heavy atom. The van der Waals surface area contributed by atoms with Crippen molar-refractivity contribution in [3.05, 3.63) is 0 Å². The van der Waals surface area contributed by atoms with Crippen molar-refractivity contribution in [1.82, 2.24) is 5.32 Å². The molecule has 1 saturated heterocycles. The van der Waals surface area contributed by atoms with Crippen LogP contribution in [0.15, 0.2) is 0 Å². The van der Waals surface area contributed by atoms with Crippen LogP contribution in [0.1, 0.15) is 12.8 Å². The first-order valence-electron chi connectivity index (χ1n) is 5.21. The van der Waals surface area contributed by atoms with E-state index in [2.05, 4.69) is 5.32 Å². The van der Waals surface area contributed by atoms with Crippen molar-refractivity contribution in [1.29, 1.82) is 0 Å². The number of nitrogens with one attached hydrogen (secondary N) is 1. The molecule has 4 nitrogen and oxygen atoms in total. The Hall–Kier alpha value is -0.160. The molecule has 0 aromatic carbocycles. The van der Waals surface area contributed by atoms with Crippen LogP contribution >= 0.6 is 0 Å². The number of piperidine rings is 1. The van der Waals surface area contributed by atoms with E-state index < -0.39 is 0 Å². The largest absolute Gasteiger partial charge is 0.376 e. The van der Waals surface area contributed by atoms with Crippen LogP contribution < -0.4 is 5.32 Å². The Labute approximate surface area is 85.9 Å². The molecule has 0 amide bonds. The van der Waals surface area contributed by atoms with Crippen LogP contribution in [-0.2, 0) is 14.2 Å². The first kappa shape index (κ1) is 11.9. The second-order valence-corrected chi connectivity index (χ2v) is 3.63. The maximum Gasteiger partial charge on any atom is 0.180 e. The lowest BCUT2D eigenvalue weighted by atomic mass is 9.99. The quantitative estimate of drug-likeness (QED) is 0.642. The fourth-order valence-corrected chi connectivity index (χ4v) is 1.61. The van der Waals surface area contributed by atoms with Crippen molar-refractivity contribution >= 4 is 0 Å². The summed E-state index contributed by atoms with van der Waals surface area (Å²) in [5, 5.41) is 3.33. The molecule has 0 aromatic rings. The van der Waals surface area contributed by atoms with Crippen molar-refractivity contribution in [2.24, 2.45) is 5.92 Å². The third kappa shape index (κ3) is 4.37. The van der Waals surface area contributed by atoms with Crippen molar-refractivity contribution in [2.75, 3.05) is 40.5 Å². The predicted octanol–water partition coefficient (Wildman–Crippen LogP) is 0.621. The topological polar surface area (TPSA) is 39.7 Å². The van der Waals surface area contributed by atoms with Crippen molar-refractivity contribution in [2.45, 2.75) is 19.1 Å². The standard InChI is InChI=1S/C10H21NO3/c1-12-10(13-2)8-14-7-9-3-5-11-6-4-9/h9-11H,3-8H2,1-2H3. The van der Waals surface area contributed by atoms with Gasteiger partial charge in [-0.3, -0.25) is 0 Å². The molecule has 1 aliphatic rings. The van der Waals surface area contributed by atoms with Crippen LogP contribution in [0.4, 0.5) is 0 Å². The van der Waals surface area contributed by atoms with Gasteiger partial charge >= 0.3 is 0 Å². The number of ether oxygens (including phenoxy) is 3. The van der Waals surface area contributed by atoms with E-state index in [0.29, 0.717) is 12.5 Å². The van der Waals surface area contributed by atoms with Crippen LogP contribution in [-0.4, -0.2) is 46.8 Å². The maximum atomic E-state index is 5.54. The summed E-state index contributed by atoms with van der Waals surface area (Å²) in [5.74, 6) is 0.700. The van der Waals surface area contributed by atoms with Gasteiger partial charge in [-0.15, -0.1) is 0 Å². The lowest BCUT2D eigenvalue weighted by molar-refractivity contribution is -0.143. The van der Waals surface area contributed by atoms with Gasteiger partial charge in [0, 0.05) is 20.8 Å². The first-order valence-corrected chi connectivity index (χ1v) is 5.21. The fourth-order valence-electron chi connectivity index (χ4n) is 1.61. The number of methoxy groups -OCH3 is 2. The first-order chi connectivity index (χ1) is 6.86. The van der Waals surface area contributed by atoms with Gasteiger partial charge in [0.15, 0.2) is 6.29 Å². The van der Waals surface area contributed by atoms with E-state index in [1.54, 1.807) is 14.2 Å². The van der Waals surface area contributed by atoms with Gasteiger partial charge in [-0.25, -0.2) is 0 Å². The minimum atomic E-state index is -0.225. The molecule has 4 heteroatoms. The SMILES string of the molecule is COC(COCC1CCNCC1)OC. The van der Waals surface area contributed by atoms with Gasteiger partial charge in [0.05, 0.1) is 6.61 Å². The maximum absolute atomic E-state index is 5.54. The molecular weight excluding hydrogens is 182 g/mol. The number of hydrogen-bond donors (Lipinski definition) is 1. The molecule has 84 valence electrons. The Balaban J connectivity index is 2.01. The van der Waals surface area contributed by atoms with E-state index in [-0.39, 0.29) is 6.29 Å². The predicted molar refractivity (Wildman–Crippen MR) is 54.2 cm³/mol. The van der Waals surface area contributed by atoms with Gasteiger partial charge in [0.2, 0.25) is 0 Å². The summed E-state index contributed by atoms with van der Waals surface area (Å²) in [6.45, 7) is 3.58. The Kier molecular flexibility index (Phi) is 6.10. The van der Waals surface area contributed by atoms with E-state index in [0.717, 1.165) is 19.7 Å². The van der Waals surface area contributed by atoms with Gasteiger partial charge < -0.3 is 19.5 Å². The van der Waals surface area contributed by atoms with Gasteiger partial charge in [0.25, 0.3) is 0 Å². The second kappa shape index (κ2) is 7.17. The molecule has 0 saturated carbocycles. The van der Waals surface area contributed by atoms with E-state index in [1.807, 2.05) is 0 Å². The summed E-state index contributed by atoms with van der Waals surface area (Å²) < 4.78 is 15.6. The Morgan fingerprint density at radius 2 is 1.86 bits per heavy atom. The van der Waals surface area contributed by atoms with E-state index >= 15 is 0 Å². The average Bonchev–Trinajstić information content (AvgIpc) is 2.26. The zero-order valence-electron chi connectivity index (χ0n) is 9.12. The van der Waals surface area contributed by atoms with Crippen LogP contribution in [0, 0.1) is 5.92 Å². The summed E-state index contributed by atoms with van der Waals surface area (Å²) in [6, 6.07) is 0. The lowest BCUT2D eigenvalue weighted by Gasteiger charge is -2.23. The van der Waals surface area contributed by atoms with E-state index in [9.17, 15) is 0 Å². The highest BCUT2D eigenvalue weighted by Crippen LogP contribution is 2.11. The highest BCUT2D eigenvalue weighted by molar-refractivity contribution is 4.67. The molecule has 1 fully saturated rings. The Bertz CT molecular complexity index is 133. The van der Waals surface area contributed by atoms with Crippen LogP contribution in [0.5, 0.6) is 0 Å².